The molecule has 0 radical (unpaired) electrons. The van der Waals surface area contributed by atoms with Gasteiger partial charge in [-0.2, -0.15) is 0 Å². The van der Waals surface area contributed by atoms with Crippen molar-refractivity contribution in [2.24, 2.45) is 0 Å². The number of ether oxygens (including phenoxy) is 3. The molecule has 0 saturated carbocycles. The molecular weight excluding hydrogens is 366 g/mol. The molecule has 0 aliphatic carbocycles. The molecule has 0 bridgehead atoms. The quantitative estimate of drug-likeness (QED) is 0.726. The van der Waals surface area contributed by atoms with E-state index in [1.807, 2.05) is 24.3 Å². The summed E-state index contributed by atoms with van der Waals surface area (Å²) in [5.74, 6) is 1.91. The summed E-state index contributed by atoms with van der Waals surface area (Å²) in [5.41, 5.74) is 0.792. The Morgan fingerprint density at radius 3 is 2.52 bits per heavy atom. The molecule has 4 rings (SSSR count). The molecule has 0 fully saturated rings. The predicted molar refractivity (Wildman–Crippen MR) is 102 cm³/mol. The lowest BCUT2D eigenvalue weighted by molar-refractivity contribution is 0.174. The molecule has 1 heterocycles. The van der Waals surface area contributed by atoms with Crippen molar-refractivity contribution in [1.82, 2.24) is 4.72 Å². The summed E-state index contributed by atoms with van der Waals surface area (Å²) in [6.07, 6.45) is 0. The highest BCUT2D eigenvalue weighted by Gasteiger charge is 2.23. The van der Waals surface area contributed by atoms with Crippen LogP contribution in [0, 0.1) is 0 Å². The normalized spacial score (nSPS) is 14.3. The average Bonchev–Trinajstić information content (AvgIpc) is 3.14. The molecule has 7 heteroatoms. The minimum Gasteiger partial charge on any atom is -0.496 e. The zero-order chi connectivity index (χ0) is 19.0. The van der Waals surface area contributed by atoms with Crippen molar-refractivity contribution in [3.8, 4) is 17.2 Å². The Hall–Kier alpha value is -2.77. The Labute approximate surface area is 157 Å². The second-order valence-corrected chi connectivity index (χ2v) is 7.95. The third-order valence-electron chi connectivity index (χ3n) is 4.58. The predicted octanol–water partition coefficient (Wildman–Crippen LogP) is 3.62. The third-order valence-corrected chi connectivity index (χ3v) is 6.18. The smallest absolute Gasteiger partial charge is 0.241 e. The fraction of sp³-hybridized carbons (Fsp3) is 0.200. The number of fused-ring (bicyclic) bond motifs is 2. The molecule has 0 amide bonds. The van der Waals surface area contributed by atoms with E-state index in [9.17, 15) is 8.42 Å². The summed E-state index contributed by atoms with van der Waals surface area (Å²) in [4.78, 5) is 0.214. The standard InChI is InChI=1S/C20H19NO5S/c1-13(14-7-8-18-19(11-14)26-12-25-18)21-27(22,23)20-10-9-17(24-2)15-5-3-4-6-16(15)20/h3-11,13,21H,12H2,1-2H3. The maximum absolute atomic E-state index is 13.1. The number of hydrogen-bond donors (Lipinski definition) is 1. The first kappa shape index (κ1) is 17.6. The first-order valence-electron chi connectivity index (χ1n) is 8.47. The summed E-state index contributed by atoms with van der Waals surface area (Å²) >= 11 is 0. The van der Waals surface area contributed by atoms with Crippen LogP contribution in [0.4, 0.5) is 0 Å². The molecule has 0 saturated heterocycles. The van der Waals surface area contributed by atoms with E-state index in [-0.39, 0.29) is 11.7 Å². The highest BCUT2D eigenvalue weighted by atomic mass is 32.2. The maximum Gasteiger partial charge on any atom is 0.241 e. The van der Waals surface area contributed by atoms with Crippen LogP contribution in [0.15, 0.2) is 59.5 Å². The lowest BCUT2D eigenvalue weighted by Crippen LogP contribution is -2.27. The van der Waals surface area contributed by atoms with Gasteiger partial charge in [0.2, 0.25) is 16.8 Å². The van der Waals surface area contributed by atoms with E-state index in [0.717, 1.165) is 10.9 Å². The monoisotopic (exact) mass is 385 g/mol. The van der Waals surface area contributed by atoms with Gasteiger partial charge in [0.1, 0.15) is 5.75 Å². The molecule has 3 aromatic carbocycles. The number of rotatable bonds is 5. The molecule has 3 aromatic rings. The van der Waals surface area contributed by atoms with Crippen molar-refractivity contribution in [3.63, 3.8) is 0 Å². The topological polar surface area (TPSA) is 73.9 Å². The van der Waals surface area contributed by atoms with Gasteiger partial charge in [0.15, 0.2) is 11.5 Å². The first-order valence-corrected chi connectivity index (χ1v) is 9.95. The van der Waals surface area contributed by atoms with Gasteiger partial charge in [-0.15, -0.1) is 0 Å². The molecule has 140 valence electrons. The van der Waals surface area contributed by atoms with Crippen molar-refractivity contribution >= 4 is 20.8 Å². The van der Waals surface area contributed by atoms with Crippen LogP contribution in [-0.2, 0) is 10.0 Å². The number of methoxy groups -OCH3 is 1. The highest BCUT2D eigenvalue weighted by molar-refractivity contribution is 7.89. The molecule has 0 spiro atoms. The van der Waals surface area contributed by atoms with Crippen LogP contribution < -0.4 is 18.9 Å². The van der Waals surface area contributed by atoms with Gasteiger partial charge < -0.3 is 14.2 Å². The molecule has 1 aliphatic heterocycles. The van der Waals surface area contributed by atoms with Crippen LogP contribution in [0.3, 0.4) is 0 Å². The minimum atomic E-state index is -3.75. The van der Waals surface area contributed by atoms with Crippen LogP contribution in [0.1, 0.15) is 18.5 Å². The molecule has 27 heavy (non-hydrogen) atoms. The van der Waals surface area contributed by atoms with Gasteiger partial charge >= 0.3 is 0 Å². The summed E-state index contributed by atoms with van der Waals surface area (Å²) in [6.45, 7) is 1.97. The van der Waals surface area contributed by atoms with Gasteiger partial charge in [-0.05, 0) is 36.8 Å². The van der Waals surface area contributed by atoms with Crippen LogP contribution in [-0.4, -0.2) is 22.3 Å². The van der Waals surface area contributed by atoms with Gasteiger partial charge in [0.25, 0.3) is 0 Å². The highest BCUT2D eigenvalue weighted by Crippen LogP contribution is 2.35. The SMILES string of the molecule is COc1ccc(S(=O)(=O)NC(C)c2ccc3c(c2)OCO3)c2ccccc12. The van der Waals surface area contributed by atoms with Crippen molar-refractivity contribution < 1.29 is 22.6 Å². The lowest BCUT2D eigenvalue weighted by Gasteiger charge is -2.17. The van der Waals surface area contributed by atoms with Crippen molar-refractivity contribution in [2.45, 2.75) is 17.9 Å². The van der Waals surface area contributed by atoms with E-state index < -0.39 is 16.1 Å². The number of sulfonamides is 1. The second kappa shape index (κ2) is 6.75. The maximum atomic E-state index is 13.1. The van der Waals surface area contributed by atoms with Crippen LogP contribution in [0.2, 0.25) is 0 Å². The van der Waals surface area contributed by atoms with Crippen molar-refractivity contribution in [1.29, 1.82) is 0 Å². The van der Waals surface area contributed by atoms with Gasteiger partial charge in [-0.1, -0.05) is 30.3 Å². The number of benzene rings is 3. The minimum absolute atomic E-state index is 0.177. The summed E-state index contributed by atoms with van der Waals surface area (Å²) in [6, 6.07) is 15.5. The van der Waals surface area contributed by atoms with E-state index in [2.05, 4.69) is 4.72 Å². The molecule has 6 nitrogen and oxygen atoms in total. The Morgan fingerprint density at radius 2 is 1.74 bits per heavy atom. The fourth-order valence-electron chi connectivity index (χ4n) is 3.20. The fourth-order valence-corrected chi connectivity index (χ4v) is 4.65. The zero-order valence-corrected chi connectivity index (χ0v) is 15.7. The zero-order valence-electron chi connectivity index (χ0n) is 14.9. The molecule has 1 aliphatic rings. The van der Waals surface area contributed by atoms with Crippen LogP contribution in [0.25, 0.3) is 10.8 Å². The van der Waals surface area contributed by atoms with Crippen LogP contribution >= 0.6 is 0 Å². The first-order chi connectivity index (χ1) is 13.0. The molecule has 1 unspecified atom stereocenters. The lowest BCUT2D eigenvalue weighted by atomic mass is 10.1. The summed E-state index contributed by atoms with van der Waals surface area (Å²) in [5, 5.41) is 1.36. The van der Waals surface area contributed by atoms with Crippen molar-refractivity contribution in [2.75, 3.05) is 13.9 Å². The summed E-state index contributed by atoms with van der Waals surface area (Å²) in [7, 11) is -2.19. The van der Waals surface area contributed by atoms with Crippen LogP contribution in [0.5, 0.6) is 17.2 Å². The Morgan fingerprint density at radius 1 is 1.00 bits per heavy atom. The van der Waals surface area contributed by atoms with Gasteiger partial charge in [-0.3, -0.25) is 0 Å². The van der Waals surface area contributed by atoms with Gasteiger partial charge in [0, 0.05) is 16.8 Å². The van der Waals surface area contributed by atoms with Gasteiger partial charge in [0.05, 0.1) is 12.0 Å². The molecule has 1 N–H and O–H groups in total. The van der Waals surface area contributed by atoms with E-state index in [1.165, 1.54) is 0 Å². The van der Waals surface area contributed by atoms with E-state index in [1.54, 1.807) is 44.4 Å². The Kier molecular flexibility index (Phi) is 4.41. The van der Waals surface area contributed by atoms with Gasteiger partial charge in [-0.25, -0.2) is 13.1 Å². The third kappa shape index (κ3) is 3.20. The average molecular weight is 385 g/mol. The summed E-state index contributed by atoms with van der Waals surface area (Å²) < 4.78 is 44.9. The number of nitrogens with one attached hydrogen (secondary N) is 1. The van der Waals surface area contributed by atoms with E-state index in [4.69, 9.17) is 14.2 Å². The van der Waals surface area contributed by atoms with E-state index in [0.29, 0.717) is 22.6 Å². The number of hydrogen-bond acceptors (Lipinski definition) is 5. The Balaban J connectivity index is 1.69. The molecular formula is C20H19NO5S. The second-order valence-electron chi connectivity index (χ2n) is 6.27. The molecule has 0 aromatic heterocycles. The largest absolute Gasteiger partial charge is 0.496 e. The Bertz CT molecular complexity index is 1110. The van der Waals surface area contributed by atoms with E-state index >= 15 is 0 Å². The van der Waals surface area contributed by atoms with Crippen molar-refractivity contribution in [3.05, 3.63) is 60.2 Å². The molecule has 1 atom stereocenters.